The van der Waals surface area contributed by atoms with Crippen LogP contribution in [0.4, 0.5) is 0 Å². The van der Waals surface area contributed by atoms with Crippen LogP contribution in [0.25, 0.3) is 0 Å². The zero-order valence-corrected chi connectivity index (χ0v) is 16.7. The molecule has 0 aromatic heterocycles. The van der Waals surface area contributed by atoms with Gasteiger partial charge in [-0.25, -0.2) is 0 Å². The van der Waals surface area contributed by atoms with Gasteiger partial charge in [0.1, 0.15) is 0 Å². The zero-order valence-electron chi connectivity index (χ0n) is 12.1. The van der Waals surface area contributed by atoms with Crippen LogP contribution in [0, 0.1) is 17.9 Å². The topological polar surface area (TPSA) is 3.24 Å². The number of hydrogen-bond acceptors (Lipinski definition) is 1. The molecule has 0 bridgehead atoms. The van der Waals surface area contributed by atoms with E-state index in [-0.39, 0.29) is 0 Å². The van der Waals surface area contributed by atoms with Crippen molar-refractivity contribution in [3.8, 4) is 0 Å². The van der Waals surface area contributed by atoms with Gasteiger partial charge in [-0.05, 0) is 31.5 Å². The van der Waals surface area contributed by atoms with Crippen LogP contribution in [-0.4, -0.2) is 18.0 Å². The first-order valence-corrected chi connectivity index (χ1v) is 13.5. The Kier molecular flexibility index (Phi) is 11.3. The fourth-order valence-corrected chi connectivity index (χ4v) is 2.02. The number of rotatable bonds is 6. The molecular weight excluding hydrogens is 339 g/mol. The quantitative estimate of drug-likeness (QED) is 0.533. The van der Waals surface area contributed by atoms with Gasteiger partial charge in [-0.1, -0.05) is 27.7 Å². The Morgan fingerprint density at radius 3 is 2.11 bits per heavy atom. The summed E-state index contributed by atoms with van der Waals surface area (Å²) >= 11 is 4.25. The van der Waals surface area contributed by atoms with E-state index < -0.39 is 0 Å². The number of nitrogens with zero attached hydrogens (tertiary/aromatic N) is 1. The molecule has 18 heavy (non-hydrogen) atoms. The van der Waals surface area contributed by atoms with Gasteiger partial charge < -0.3 is 4.90 Å². The Bertz CT molecular complexity index is 278. The summed E-state index contributed by atoms with van der Waals surface area (Å²) in [4.78, 5) is 2.54. The van der Waals surface area contributed by atoms with Crippen molar-refractivity contribution in [3.63, 3.8) is 0 Å². The Morgan fingerprint density at radius 2 is 1.72 bits per heavy atom. The van der Waals surface area contributed by atoms with Gasteiger partial charge in [-0.2, -0.15) is 30.3 Å². The van der Waals surface area contributed by atoms with Crippen molar-refractivity contribution in [1.29, 1.82) is 0 Å². The fourth-order valence-electron chi connectivity index (χ4n) is 2.02. The number of halogens is 1. The maximum absolute atomic E-state index is 3.15. The van der Waals surface area contributed by atoms with Crippen LogP contribution in [0.15, 0.2) is 24.3 Å². The van der Waals surface area contributed by atoms with E-state index in [1.165, 1.54) is 35.0 Å². The fraction of sp³-hybridized carbons (Fsp3) is 0.600. The third kappa shape index (κ3) is 9.24. The molecule has 1 aromatic rings. The molecule has 0 aliphatic rings. The molecule has 0 saturated heterocycles. The van der Waals surface area contributed by atoms with Gasteiger partial charge in [0.25, 0.3) is 0 Å². The minimum absolute atomic E-state index is 0.728. The van der Waals surface area contributed by atoms with Gasteiger partial charge in [-0.15, -0.1) is 5.56 Å². The SMILES string of the molecule is CC(C)CN(Cc1c[c-]ccc1)CC(C)C.[Zn+][Br]. The number of benzene rings is 1. The van der Waals surface area contributed by atoms with Crippen LogP contribution in [-0.2, 0) is 22.9 Å². The first-order chi connectivity index (χ1) is 8.58. The van der Waals surface area contributed by atoms with E-state index in [9.17, 15) is 0 Å². The summed E-state index contributed by atoms with van der Waals surface area (Å²) in [6.07, 6.45) is 0. The van der Waals surface area contributed by atoms with Crippen LogP contribution < -0.4 is 0 Å². The van der Waals surface area contributed by atoms with Crippen molar-refractivity contribution in [2.45, 2.75) is 34.2 Å². The Morgan fingerprint density at radius 1 is 1.17 bits per heavy atom. The summed E-state index contributed by atoms with van der Waals surface area (Å²) in [7, 11) is 0. The molecule has 1 rings (SSSR count). The summed E-state index contributed by atoms with van der Waals surface area (Å²) in [5, 5.41) is 0. The van der Waals surface area contributed by atoms with Gasteiger partial charge in [-0.3, -0.25) is 0 Å². The average Bonchev–Trinajstić information content (AvgIpc) is 2.31. The molecule has 0 heterocycles. The van der Waals surface area contributed by atoms with Crippen molar-refractivity contribution in [2.24, 2.45) is 11.8 Å². The van der Waals surface area contributed by atoms with Crippen molar-refractivity contribution in [1.82, 2.24) is 4.90 Å². The van der Waals surface area contributed by atoms with E-state index >= 15 is 0 Å². The van der Waals surface area contributed by atoms with Crippen LogP contribution in [0.5, 0.6) is 0 Å². The summed E-state index contributed by atoms with van der Waals surface area (Å²) in [5.74, 6) is 1.46. The molecule has 0 unspecified atom stereocenters. The minimum atomic E-state index is 0.728. The Hall–Kier alpha value is 0.283. The molecule has 0 aliphatic heterocycles. The maximum atomic E-state index is 3.15. The zero-order chi connectivity index (χ0) is 14.0. The summed E-state index contributed by atoms with van der Waals surface area (Å²) < 4.78 is 0. The predicted molar refractivity (Wildman–Crippen MR) is 79.2 cm³/mol. The van der Waals surface area contributed by atoms with Crippen LogP contribution in [0.3, 0.4) is 0 Å². The third-order valence-electron chi connectivity index (χ3n) is 2.42. The van der Waals surface area contributed by atoms with Crippen LogP contribution >= 0.6 is 13.6 Å². The van der Waals surface area contributed by atoms with Gasteiger partial charge in [0.05, 0.1) is 0 Å². The first-order valence-electron chi connectivity index (χ1n) is 6.52. The van der Waals surface area contributed by atoms with E-state index in [2.05, 4.69) is 70.5 Å². The van der Waals surface area contributed by atoms with Gasteiger partial charge >= 0.3 is 30.0 Å². The molecule has 0 N–H and O–H groups in total. The normalized spacial score (nSPS) is 10.8. The monoisotopic (exact) mass is 361 g/mol. The predicted octanol–water partition coefficient (Wildman–Crippen LogP) is 4.44. The second-order valence-corrected chi connectivity index (χ2v) is 5.39. The molecule has 0 fully saturated rings. The van der Waals surface area contributed by atoms with Crippen molar-refractivity contribution < 1.29 is 16.3 Å². The molecule has 0 spiro atoms. The summed E-state index contributed by atoms with van der Waals surface area (Å²) in [5.41, 5.74) is 1.36. The van der Waals surface area contributed by atoms with Crippen LogP contribution in [0.2, 0.25) is 0 Å². The van der Waals surface area contributed by atoms with Gasteiger partial charge in [0.2, 0.25) is 0 Å². The van der Waals surface area contributed by atoms with E-state index in [4.69, 9.17) is 0 Å². The molecule has 98 valence electrons. The van der Waals surface area contributed by atoms with E-state index in [0.29, 0.717) is 0 Å². The molecule has 3 heteroatoms. The molecule has 0 aliphatic carbocycles. The van der Waals surface area contributed by atoms with Crippen molar-refractivity contribution in [3.05, 3.63) is 35.9 Å². The molecule has 1 aromatic carbocycles. The second-order valence-electron chi connectivity index (χ2n) is 5.39. The molecule has 0 atom stereocenters. The molecule has 1 nitrogen and oxygen atoms in total. The Labute approximate surface area is 129 Å². The molecule has 0 amide bonds. The van der Waals surface area contributed by atoms with Gasteiger partial charge in [0.15, 0.2) is 0 Å². The average molecular weight is 364 g/mol. The van der Waals surface area contributed by atoms with Gasteiger partial charge in [0, 0.05) is 0 Å². The van der Waals surface area contributed by atoms with E-state index in [1.54, 1.807) is 0 Å². The second kappa shape index (κ2) is 11.1. The van der Waals surface area contributed by atoms with E-state index in [1.807, 2.05) is 6.07 Å². The number of hydrogen-bond donors (Lipinski definition) is 0. The molecule has 0 radical (unpaired) electrons. The van der Waals surface area contributed by atoms with Crippen molar-refractivity contribution >= 4 is 13.6 Å². The first kappa shape index (κ1) is 18.3. The Balaban J connectivity index is 0.00000137. The summed E-state index contributed by atoms with van der Waals surface area (Å²) in [6.45, 7) is 12.5. The van der Waals surface area contributed by atoms with E-state index in [0.717, 1.165) is 18.4 Å². The van der Waals surface area contributed by atoms with Crippen LogP contribution in [0.1, 0.15) is 33.3 Å². The molecule has 0 saturated carbocycles. The third-order valence-corrected chi connectivity index (χ3v) is 2.42. The molecular formula is C15H24BrNZn. The standard InChI is InChI=1S/C15H24N.BrH.Zn/c1-13(2)10-16(11-14(3)4)12-15-8-6-5-7-9-15;;/h5-6,8-9,13-14H,10-12H2,1-4H3;1H;/q-1;;+2/p-1. The van der Waals surface area contributed by atoms with Crippen molar-refractivity contribution in [2.75, 3.05) is 13.1 Å². The summed E-state index contributed by atoms with van der Waals surface area (Å²) in [6, 6.07) is 11.4.